The molecule has 1 fully saturated rings. The Morgan fingerprint density at radius 1 is 1.29 bits per heavy atom. The van der Waals surface area contributed by atoms with E-state index < -0.39 is 8.32 Å². The molecule has 0 spiro atoms. The summed E-state index contributed by atoms with van der Waals surface area (Å²) in [7, 11) is -1.56. The van der Waals surface area contributed by atoms with E-state index in [0.717, 1.165) is 13.0 Å². The summed E-state index contributed by atoms with van der Waals surface area (Å²) in [6.07, 6.45) is 1.51. The Hall–Kier alpha value is 0.137. The molecule has 0 aliphatic carbocycles. The number of hydrogen-bond acceptors (Lipinski definition) is 1. The van der Waals surface area contributed by atoms with E-state index in [4.69, 9.17) is 4.43 Å². The highest BCUT2D eigenvalue weighted by atomic mass is 28.4. The first-order valence-electron chi connectivity index (χ1n) is 5.57. The number of nitrogens with zero attached hydrogens (tertiary/aromatic N) is 1. The van der Waals surface area contributed by atoms with Crippen LogP contribution in [0.4, 0.5) is 0 Å². The second-order valence-electron chi connectivity index (χ2n) is 5.95. The molecule has 1 rings (SSSR count). The number of rotatable bonds is 2. The zero-order valence-corrected chi connectivity index (χ0v) is 11.4. The van der Waals surface area contributed by atoms with Crippen molar-refractivity contribution in [3.05, 3.63) is 5.32 Å². The molecule has 0 bridgehead atoms. The van der Waals surface area contributed by atoms with Crippen molar-refractivity contribution in [3.63, 3.8) is 0 Å². The van der Waals surface area contributed by atoms with Crippen LogP contribution in [-0.4, -0.2) is 27.0 Å². The third-order valence-electron chi connectivity index (χ3n) is 3.49. The van der Waals surface area contributed by atoms with Gasteiger partial charge in [-0.3, -0.25) is 0 Å². The highest BCUT2D eigenvalue weighted by Gasteiger charge is 2.38. The minimum Gasteiger partial charge on any atom is -0.658 e. The van der Waals surface area contributed by atoms with Crippen molar-refractivity contribution in [3.8, 4) is 0 Å². The second kappa shape index (κ2) is 3.95. The molecular formula is C11H24NOSi-. The molecule has 84 valence electrons. The summed E-state index contributed by atoms with van der Waals surface area (Å²) in [6, 6.07) is 0.504. The van der Waals surface area contributed by atoms with Gasteiger partial charge in [0.2, 0.25) is 0 Å². The maximum atomic E-state index is 6.28. The van der Waals surface area contributed by atoms with Gasteiger partial charge in [-0.15, -0.1) is 12.6 Å². The summed E-state index contributed by atoms with van der Waals surface area (Å²) in [4.78, 5) is 0. The van der Waals surface area contributed by atoms with E-state index in [1.165, 1.54) is 0 Å². The summed E-state index contributed by atoms with van der Waals surface area (Å²) < 4.78 is 6.28. The van der Waals surface area contributed by atoms with Crippen LogP contribution in [0.1, 0.15) is 34.1 Å². The summed E-state index contributed by atoms with van der Waals surface area (Å²) in [6.45, 7) is 14.6. The van der Waals surface area contributed by atoms with Crippen LogP contribution in [0.2, 0.25) is 18.1 Å². The first-order valence-corrected chi connectivity index (χ1v) is 8.47. The summed E-state index contributed by atoms with van der Waals surface area (Å²) in [5, 5.41) is 4.80. The fourth-order valence-electron chi connectivity index (χ4n) is 1.51. The van der Waals surface area contributed by atoms with Crippen molar-refractivity contribution in [2.24, 2.45) is 0 Å². The van der Waals surface area contributed by atoms with Crippen molar-refractivity contribution in [1.29, 1.82) is 0 Å². The molecule has 0 radical (unpaired) electrons. The van der Waals surface area contributed by atoms with Crippen LogP contribution < -0.4 is 0 Å². The molecule has 0 unspecified atom stereocenters. The minimum atomic E-state index is -1.56. The number of hydrogen-bond donors (Lipinski definition) is 0. The molecule has 2 nitrogen and oxygen atoms in total. The average molecular weight is 214 g/mol. The maximum absolute atomic E-state index is 6.28. The van der Waals surface area contributed by atoms with Gasteiger partial charge in [-0.05, 0) is 24.6 Å². The van der Waals surface area contributed by atoms with Gasteiger partial charge in [0.25, 0.3) is 0 Å². The summed E-state index contributed by atoms with van der Waals surface area (Å²) >= 11 is 0. The Bertz CT molecular complexity index is 198. The molecule has 0 saturated carbocycles. The van der Waals surface area contributed by atoms with Gasteiger partial charge in [0.05, 0.1) is 0 Å². The molecular weight excluding hydrogens is 190 g/mol. The Morgan fingerprint density at radius 3 is 2.21 bits per heavy atom. The van der Waals surface area contributed by atoms with E-state index in [9.17, 15) is 0 Å². The first kappa shape index (κ1) is 12.2. The van der Waals surface area contributed by atoms with E-state index in [1.807, 2.05) is 0 Å². The predicted octanol–water partition coefficient (Wildman–Crippen LogP) is 3.54. The van der Waals surface area contributed by atoms with Crippen molar-refractivity contribution < 1.29 is 4.43 Å². The van der Waals surface area contributed by atoms with Crippen molar-refractivity contribution >= 4 is 8.32 Å². The molecule has 1 saturated heterocycles. The fourth-order valence-corrected chi connectivity index (χ4v) is 2.86. The summed E-state index contributed by atoms with van der Waals surface area (Å²) in [5.74, 6) is 0. The Kier molecular flexibility index (Phi) is 3.44. The van der Waals surface area contributed by atoms with Gasteiger partial charge in [0.1, 0.15) is 0 Å². The molecule has 3 heteroatoms. The van der Waals surface area contributed by atoms with Gasteiger partial charge in [0, 0.05) is 6.10 Å². The van der Waals surface area contributed by atoms with E-state index in [0.29, 0.717) is 17.2 Å². The predicted molar refractivity (Wildman–Crippen MR) is 64.4 cm³/mol. The van der Waals surface area contributed by atoms with Gasteiger partial charge in [-0.2, -0.15) is 0 Å². The third kappa shape index (κ3) is 2.81. The average Bonchev–Trinajstić information content (AvgIpc) is 2.31. The van der Waals surface area contributed by atoms with Crippen molar-refractivity contribution in [2.75, 3.05) is 6.54 Å². The van der Waals surface area contributed by atoms with Crippen LogP contribution in [0.15, 0.2) is 0 Å². The second-order valence-corrected chi connectivity index (χ2v) is 10.7. The van der Waals surface area contributed by atoms with Crippen LogP contribution in [-0.2, 0) is 4.43 Å². The quantitative estimate of drug-likeness (QED) is 0.645. The van der Waals surface area contributed by atoms with Gasteiger partial charge in [-0.1, -0.05) is 27.7 Å². The molecule has 0 N–H and O–H groups in total. The molecule has 14 heavy (non-hydrogen) atoms. The third-order valence-corrected chi connectivity index (χ3v) is 8.03. The fraction of sp³-hybridized carbons (Fsp3) is 1.00. The van der Waals surface area contributed by atoms with Gasteiger partial charge in [-0.25, -0.2) is 0 Å². The van der Waals surface area contributed by atoms with E-state index in [2.05, 4.69) is 46.1 Å². The van der Waals surface area contributed by atoms with E-state index in [1.54, 1.807) is 0 Å². The minimum absolute atomic E-state index is 0.318. The SMILES string of the molecule is C[C@@H]1C[C@@H](O[Si](C)(C)C(C)(C)C)C[N-]1. The largest absolute Gasteiger partial charge is 0.658 e. The lowest BCUT2D eigenvalue weighted by Crippen LogP contribution is -2.44. The smallest absolute Gasteiger partial charge is 0.192 e. The van der Waals surface area contributed by atoms with Crippen LogP contribution in [0, 0.1) is 0 Å². The molecule has 1 aliphatic heterocycles. The van der Waals surface area contributed by atoms with Crippen molar-refractivity contribution in [2.45, 2.75) is 64.4 Å². The van der Waals surface area contributed by atoms with Gasteiger partial charge >= 0.3 is 0 Å². The monoisotopic (exact) mass is 214 g/mol. The highest BCUT2D eigenvalue weighted by Crippen LogP contribution is 2.38. The summed E-state index contributed by atoms with van der Waals surface area (Å²) in [5.41, 5.74) is 0. The van der Waals surface area contributed by atoms with E-state index >= 15 is 0 Å². The first-order chi connectivity index (χ1) is 6.22. The van der Waals surface area contributed by atoms with Crippen LogP contribution in [0.25, 0.3) is 5.32 Å². The van der Waals surface area contributed by atoms with Crippen LogP contribution in [0.5, 0.6) is 0 Å². The lowest BCUT2D eigenvalue weighted by molar-refractivity contribution is 0.200. The Morgan fingerprint density at radius 2 is 1.86 bits per heavy atom. The topological polar surface area (TPSA) is 23.3 Å². The Balaban J connectivity index is 2.51. The lowest BCUT2D eigenvalue weighted by atomic mass is 10.2. The van der Waals surface area contributed by atoms with Crippen LogP contribution >= 0.6 is 0 Å². The zero-order valence-electron chi connectivity index (χ0n) is 10.4. The lowest BCUT2D eigenvalue weighted by Gasteiger charge is -2.39. The molecule has 0 amide bonds. The molecule has 0 aromatic carbocycles. The molecule has 0 aromatic rings. The van der Waals surface area contributed by atoms with Gasteiger partial charge < -0.3 is 9.74 Å². The van der Waals surface area contributed by atoms with E-state index in [-0.39, 0.29) is 0 Å². The molecule has 0 aromatic heterocycles. The normalized spacial score (nSPS) is 29.6. The Labute approximate surface area is 89.6 Å². The van der Waals surface area contributed by atoms with Gasteiger partial charge in [0.15, 0.2) is 8.32 Å². The molecule has 1 heterocycles. The maximum Gasteiger partial charge on any atom is 0.192 e. The molecule has 1 aliphatic rings. The highest BCUT2D eigenvalue weighted by molar-refractivity contribution is 6.74. The van der Waals surface area contributed by atoms with Crippen LogP contribution in [0.3, 0.4) is 0 Å². The van der Waals surface area contributed by atoms with Crippen molar-refractivity contribution in [1.82, 2.24) is 0 Å². The molecule has 2 atom stereocenters. The standard InChI is InChI=1S/C11H24NOSi/c1-9-7-10(8-12-9)13-14(5,6)11(2,3)4/h9-10H,7-8H2,1-6H3/q-1/t9-,10-/m1/s1. The zero-order chi connectivity index (χ0) is 11.0.